The van der Waals surface area contributed by atoms with Crippen molar-refractivity contribution in [1.29, 1.82) is 0 Å². The van der Waals surface area contributed by atoms with E-state index in [-0.39, 0.29) is 11.6 Å². The average molecular weight is 775 g/mol. The highest BCUT2D eigenvalue weighted by atomic mass is 19.1. The largest absolute Gasteiger partial charge is 0.308 e. The van der Waals surface area contributed by atoms with E-state index >= 15 is 8.78 Å². The summed E-state index contributed by atoms with van der Waals surface area (Å²) in [4.78, 5) is 4.08. The van der Waals surface area contributed by atoms with Gasteiger partial charge >= 0.3 is 0 Å². The SMILES string of the molecule is Fc1ccccc1N(c1ccccc1)c1cccc2c1c1cccc3c4cc5c(cc4n2c31)c1cccc2c3c(N(c4ccccc4)c4ccccc4F)cccc3n5c12. The monoisotopic (exact) mass is 774 g/mol. The van der Waals surface area contributed by atoms with E-state index in [0.29, 0.717) is 11.4 Å². The first-order valence-electron chi connectivity index (χ1n) is 20.2. The summed E-state index contributed by atoms with van der Waals surface area (Å²) in [5, 5.41) is 8.99. The first kappa shape index (κ1) is 33.1. The van der Waals surface area contributed by atoms with Crippen molar-refractivity contribution in [1.82, 2.24) is 8.80 Å². The number of hydrogen-bond acceptors (Lipinski definition) is 2. The van der Waals surface area contributed by atoms with Gasteiger partial charge in [-0.2, -0.15) is 0 Å². The van der Waals surface area contributed by atoms with Crippen LogP contribution in [0.4, 0.5) is 42.9 Å². The molecule has 0 aliphatic rings. The quantitative estimate of drug-likeness (QED) is 0.167. The van der Waals surface area contributed by atoms with E-state index in [1.54, 1.807) is 12.1 Å². The van der Waals surface area contributed by atoms with Crippen molar-refractivity contribution < 1.29 is 8.78 Å². The molecule has 6 heteroatoms. The summed E-state index contributed by atoms with van der Waals surface area (Å²) in [6, 6.07) is 64.6. The van der Waals surface area contributed by atoms with Crippen LogP contribution in [0.5, 0.6) is 0 Å². The Hall–Kier alpha value is -7.96. The summed E-state index contributed by atoms with van der Waals surface area (Å²) in [6.07, 6.45) is 0. The van der Waals surface area contributed by atoms with Gasteiger partial charge < -0.3 is 18.6 Å². The summed E-state index contributed by atoms with van der Waals surface area (Å²) in [5.41, 5.74) is 11.2. The molecule has 0 unspecified atom stereocenters. The van der Waals surface area contributed by atoms with Gasteiger partial charge in [-0.3, -0.25) is 0 Å². The molecule has 0 atom stereocenters. The van der Waals surface area contributed by atoms with Gasteiger partial charge in [0.25, 0.3) is 0 Å². The van der Waals surface area contributed by atoms with Gasteiger partial charge in [-0.25, -0.2) is 8.78 Å². The highest BCUT2D eigenvalue weighted by Crippen LogP contribution is 2.50. The molecule has 282 valence electrons. The Kier molecular flexibility index (Phi) is 6.76. The van der Waals surface area contributed by atoms with Gasteiger partial charge in [-0.15, -0.1) is 0 Å². The van der Waals surface area contributed by atoms with Gasteiger partial charge in [0.15, 0.2) is 0 Å². The minimum Gasteiger partial charge on any atom is -0.308 e. The number of aromatic nitrogens is 2. The second-order valence-corrected chi connectivity index (χ2v) is 15.5. The van der Waals surface area contributed by atoms with Crippen LogP contribution in [-0.4, -0.2) is 8.80 Å². The van der Waals surface area contributed by atoms with Crippen molar-refractivity contribution in [3.63, 3.8) is 0 Å². The zero-order valence-corrected chi connectivity index (χ0v) is 32.0. The molecule has 0 aliphatic heterocycles. The molecule has 0 saturated carbocycles. The van der Waals surface area contributed by atoms with Crippen molar-refractivity contribution in [2.75, 3.05) is 9.80 Å². The molecule has 9 aromatic carbocycles. The van der Waals surface area contributed by atoms with E-state index in [9.17, 15) is 0 Å². The van der Waals surface area contributed by atoms with E-state index in [4.69, 9.17) is 0 Å². The normalized spacial score (nSPS) is 12.2. The van der Waals surface area contributed by atoms with E-state index < -0.39 is 0 Å². The number of anilines is 6. The lowest BCUT2D eigenvalue weighted by Crippen LogP contribution is -2.11. The van der Waals surface area contributed by atoms with Crippen molar-refractivity contribution >= 4 is 110 Å². The van der Waals surface area contributed by atoms with Gasteiger partial charge in [-0.05, 0) is 84.9 Å². The molecule has 0 radical (unpaired) electrons. The van der Waals surface area contributed by atoms with Gasteiger partial charge in [0.05, 0.1) is 55.8 Å². The number of fused-ring (bicyclic) bond motifs is 12. The lowest BCUT2D eigenvalue weighted by molar-refractivity contribution is 0.628. The predicted molar refractivity (Wildman–Crippen MR) is 245 cm³/mol. The third kappa shape index (κ3) is 4.37. The van der Waals surface area contributed by atoms with Crippen LogP contribution in [-0.2, 0) is 0 Å². The minimum absolute atomic E-state index is 0.284. The number of benzene rings is 9. The highest BCUT2D eigenvalue weighted by Gasteiger charge is 2.27. The van der Waals surface area contributed by atoms with Gasteiger partial charge in [-0.1, -0.05) is 109 Å². The van der Waals surface area contributed by atoms with E-state index in [1.165, 1.54) is 12.1 Å². The molecule has 0 amide bonds. The Morgan fingerprint density at radius 2 is 0.667 bits per heavy atom. The molecule has 4 nitrogen and oxygen atoms in total. The summed E-state index contributed by atoms with van der Waals surface area (Å²) in [7, 11) is 0. The fraction of sp³-hybridized carbons (Fsp3) is 0. The lowest BCUT2D eigenvalue weighted by Gasteiger charge is -2.26. The van der Waals surface area contributed by atoms with E-state index in [0.717, 1.165) is 98.9 Å². The van der Waals surface area contributed by atoms with Crippen molar-refractivity contribution in [3.05, 3.63) is 206 Å². The standard InChI is InChI=1S/C54H32F2N4/c55-41-23-7-9-25-43(41)57(33-15-3-1-4-16-33)45-27-13-29-47-51(45)37-21-11-19-35-39-32-50-40(31-49(39)59(47)53(35)37)36-20-12-22-38-52-46(28-14-30-48(52)60(50)54(36)38)58(34-17-5-2-6-18-34)44-26-10-8-24-42(44)56/h1-32H. The Bertz CT molecular complexity index is 3560. The molecule has 60 heavy (non-hydrogen) atoms. The Morgan fingerprint density at radius 1 is 0.300 bits per heavy atom. The maximum atomic E-state index is 15.8. The number of para-hydroxylation sites is 6. The highest BCUT2D eigenvalue weighted by molar-refractivity contribution is 6.31. The van der Waals surface area contributed by atoms with Crippen LogP contribution in [0.25, 0.3) is 76.2 Å². The average Bonchev–Trinajstić information content (AvgIpc) is 4.02. The smallest absolute Gasteiger partial charge is 0.147 e. The Labute approximate surface area is 342 Å². The third-order valence-electron chi connectivity index (χ3n) is 12.5. The molecule has 0 aliphatic carbocycles. The summed E-state index contributed by atoms with van der Waals surface area (Å²) in [5.74, 6) is -0.568. The maximum absolute atomic E-state index is 15.8. The van der Waals surface area contributed by atoms with Gasteiger partial charge in [0.1, 0.15) is 11.6 Å². The van der Waals surface area contributed by atoms with Crippen LogP contribution in [0, 0.1) is 11.6 Å². The molecular weight excluding hydrogens is 743 g/mol. The first-order chi connectivity index (χ1) is 29.7. The zero-order valence-electron chi connectivity index (χ0n) is 32.0. The van der Waals surface area contributed by atoms with Crippen molar-refractivity contribution in [2.45, 2.75) is 0 Å². The molecule has 0 bridgehead atoms. The van der Waals surface area contributed by atoms with Gasteiger partial charge in [0.2, 0.25) is 0 Å². The second-order valence-electron chi connectivity index (χ2n) is 15.5. The number of halogens is 2. The van der Waals surface area contributed by atoms with Crippen molar-refractivity contribution in [2.24, 2.45) is 0 Å². The van der Waals surface area contributed by atoms with Crippen LogP contribution >= 0.6 is 0 Å². The fourth-order valence-corrected chi connectivity index (χ4v) is 10.1. The Balaban J connectivity index is 1.10. The van der Waals surface area contributed by atoms with E-state index in [2.05, 4.69) is 93.7 Å². The van der Waals surface area contributed by atoms with Crippen molar-refractivity contribution in [3.8, 4) is 0 Å². The second kappa shape index (κ2) is 12.3. The molecular formula is C54H32F2N4. The number of nitrogens with zero attached hydrogens (tertiary/aromatic N) is 4. The van der Waals surface area contributed by atoms with Crippen LogP contribution in [0.2, 0.25) is 0 Å². The topological polar surface area (TPSA) is 15.3 Å². The molecule has 0 saturated heterocycles. The first-order valence-corrected chi connectivity index (χ1v) is 20.2. The fourth-order valence-electron chi connectivity index (χ4n) is 10.1. The number of hydrogen-bond donors (Lipinski definition) is 0. The molecule has 0 fully saturated rings. The third-order valence-corrected chi connectivity index (χ3v) is 12.5. The molecule has 13 rings (SSSR count). The van der Waals surface area contributed by atoms with Crippen LogP contribution in [0.3, 0.4) is 0 Å². The molecule has 13 aromatic rings. The molecule has 4 heterocycles. The Morgan fingerprint density at radius 3 is 1.10 bits per heavy atom. The van der Waals surface area contributed by atoms with Gasteiger partial charge in [0, 0.05) is 54.5 Å². The van der Waals surface area contributed by atoms with Crippen LogP contribution in [0.1, 0.15) is 0 Å². The summed E-state index contributed by atoms with van der Waals surface area (Å²) < 4.78 is 36.4. The van der Waals surface area contributed by atoms with E-state index in [1.807, 2.05) is 94.7 Å². The summed E-state index contributed by atoms with van der Waals surface area (Å²) in [6.45, 7) is 0. The summed E-state index contributed by atoms with van der Waals surface area (Å²) >= 11 is 0. The maximum Gasteiger partial charge on any atom is 0.147 e. The zero-order chi connectivity index (χ0) is 39.6. The molecule has 0 N–H and O–H groups in total. The lowest BCUT2D eigenvalue weighted by atomic mass is 10.0. The predicted octanol–water partition coefficient (Wildman–Crippen LogP) is 15.2. The minimum atomic E-state index is -0.284. The van der Waals surface area contributed by atoms with Crippen LogP contribution < -0.4 is 9.80 Å². The molecule has 0 spiro atoms. The molecule has 4 aromatic heterocycles. The number of rotatable bonds is 6. The van der Waals surface area contributed by atoms with Crippen LogP contribution in [0.15, 0.2) is 194 Å².